The van der Waals surface area contributed by atoms with Crippen LogP contribution in [0.5, 0.6) is 0 Å². The Hall–Kier alpha value is -3.48. The summed E-state index contributed by atoms with van der Waals surface area (Å²) >= 11 is 14.8. The number of carbonyl (C=O) groups is 4. The fourth-order valence-electron chi connectivity index (χ4n) is 6.48. The number of benzene rings is 3. The zero-order chi connectivity index (χ0) is 27.5. The molecular formula is C31H25Cl2NO5. The van der Waals surface area contributed by atoms with Crippen molar-refractivity contribution in [1.29, 1.82) is 0 Å². The second-order valence-electron chi connectivity index (χ2n) is 10.2. The van der Waals surface area contributed by atoms with Crippen molar-refractivity contribution in [3.63, 3.8) is 0 Å². The Morgan fingerprint density at radius 2 is 1.23 bits per heavy atom. The first-order valence-electron chi connectivity index (χ1n) is 13.0. The van der Waals surface area contributed by atoms with Gasteiger partial charge in [-0.2, -0.15) is 0 Å². The number of halogens is 2. The quantitative estimate of drug-likeness (QED) is 0.172. The summed E-state index contributed by atoms with van der Waals surface area (Å²) in [6, 6.07) is 23.4. The molecule has 0 N–H and O–H groups in total. The molecule has 1 saturated heterocycles. The number of imide groups is 1. The molecule has 4 aliphatic rings. The van der Waals surface area contributed by atoms with Crippen molar-refractivity contribution in [2.45, 2.75) is 35.6 Å². The maximum atomic E-state index is 13.8. The zero-order valence-corrected chi connectivity index (χ0v) is 22.6. The molecule has 8 heteroatoms. The van der Waals surface area contributed by atoms with Crippen LogP contribution < -0.4 is 0 Å². The van der Waals surface area contributed by atoms with E-state index < -0.39 is 45.5 Å². The van der Waals surface area contributed by atoms with E-state index in [4.69, 9.17) is 27.9 Å². The van der Waals surface area contributed by atoms with Gasteiger partial charge in [0.15, 0.2) is 6.10 Å². The molecule has 0 saturated carbocycles. The van der Waals surface area contributed by atoms with Crippen LogP contribution >= 0.6 is 23.2 Å². The van der Waals surface area contributed by atoms with Crippen LogP contribution in [0.3, 0.4) is 0 Å². The average Bonchev–Trinajstić information content (AvgIpc) is 3.23. The van der Waals surface area contributed by atoms with Gasteiger partial charge < -0.3 is 4.74 Å². The van der Waals surface area contributed by atoms with Gasteiger partial charge in [-0.1, -0.05) is 85.8 Å². The second-order valence-corrected chi connectivity index (χ2v) is 11.4. The molecule has 2 bridgehead atoms. The lowest BCUT2D eigenvalue weighted by molar-refractivity contribution is -0.148. The second kappa shape index (κ2) is 9.32. The summed E-state index contributed by atoms with van der Waals surface area (Å²) in [4.78, 5) is 51.8. The highest BCUT2D eigenvalue weighted by Crippen LogP contribution is 2.69. The molecule has 7 rings (SSSR count). The van der Waals surface area contributed by atoms with Gasteiger partial charge in [-0.05, 0) is 28.7 Å². The van der Waals surface area contributed by atoms with Gasteiger partial charge >= 0.3 is 5.97 Å². The molecule has 2 amide bonds. The predicted molar refractivity (Wildman–Crippen MR) is 145 cm³/mol. The normalized spacial score (nSPS) is 27.0. The maximum absolute atomic E-state index is 13.8. The van der Waals surface area contributed by atoms with E-state index in [-0.39, 0.29) is 18.7 Å². The number of esters is 1. The van der Waals surface area contributed by atoms with E-state index in [9.17, 15) is 19.2 Å². The number of alkyl halides is 2. The Kier molecular flexibility index (Phi) is 6.16. The summed E-state index contributed by atoms with van der Waals surface area (Å²) < 4.78 is 5.47. The third-order valence-electron chi connectivity index (χ3n) is 8.21. The highest BCUT2D eigenvalue weighted by atomic mass is 35.5. The van der Waals surface area contributed by atoms with Crippen molar-refractivity contribution in [3.8, 4) is 0 Å². The highest BCUT2D eigenvalue weighted by Gasteiger charge is 2.72. The molecular weight excluding hydrogens is 537 g/mol. The van der Waals surface area contributed by atoms with Gasteiger partial charge in [0, 0.05) is 12.1 Å². The number of Topliss-reactive ketones (excluding diaryl/α,β-unsaturated/α-hetero) is 1. The van der Waals surface area contributed by atoms with Gasteiger partial charge in [-0.3, -0.25) is 24.1 Å². The van der Waals surface area contributed by atoms with Crippen LogP contribution in [0.1, 0.15) is 52.4 Å². The molecule has 1 fully saturated rings. The lowest BCUT2D eigenvalue weighted by atomic mass is 9.54. The smallest absolute Gasteiger partial charge is 0.308 e. The first-order chi connectivity index (χ1) is 18.7. The minimum absolute atomic E-state index is 0.188. The lowest BCUT2D eigenvalue weighted by Crippen LogP contribution is -2.57. The number of ether oxygens (including phenoxy) is 1. The molecule has 3 atom stereocenters. The number of hydrogen-bond donors (Lipinski definition) is 0. The summed E-state index contributed by atoms with van der Waals surface area (Å²) in [5.74, 6) is -3.74. The van der Waals surface area contributed by atoms with E-state index in [0.29, 0.717) is 34.2 Å². The minimum atomic E-state index is -1.27. The third-order valence-corrected chi connectivity index (χ3v) is 9.50. The van der Waals surface area contributed by atoms with Crippen molar-refractivity contribution < 1.29 is 23.9 Å². The van der Waals surface area contributed by atoms with Crippen LogP contribution in [0.15, 0.2) is 78.9 Å². The van der Waals surface area contributed by atoms with Crippen molar-refractivity contribution in [3.05, 3.63) is 107 Å². The molecule has 6 nitrogen and oxygen atoms in total. The van der Waals surface area contributed by atoms with E-state index in [2.05, 4.69) is 0 Å². The summed E-state index contributed by atoms with van der Waals surface area (Å²) in [5.41, 5.74) is 3.31. The van der Waals surface area contributed by atoms with Crippen molar-refractivity contribution in [2.75, 3.05) is 6.54 Å². The van der Waals surface area contributed by atoms with E-state index in [1.54, 1.807) is 37.3 Å². The standard InChI is InChI=1S/C31H25Cl2NO5/c1-2-23(27(36)18-10-4-3-5-11-18)39-24(35)16-17-34-28(37)25-26(29(34)38)31(33)20-13-7-6-12-19(20)30(25,32)21-14-8-9-15-22(21)31/h3-15,23,25-26H,2,16-17H2,1H3/t23-,25-,26+,30?,31?/m0/s1. The number of hydrogen-bond acceptors (Lipinski definition) is 5. The van der Waals surface area contributed by atoms with Gasteiger partial charge in [0.05, 0.1) is 18.3 Å². The van der Waals surface area contributed by atoms with Gasteiger partial charge in [0.1, 0.15) is 9.75 Å². The average molecular weight is 562 g/mol. The number of amides is 2. The Labute approximate surface area is 235 Å². The first-order valence-corrected chi connectivity index (χ1v) is 13.7. The number of carbonyl (C=O) groups excluding carboxylic acids is 4. The molecule has 0 aromatic heterocycles. The van der Waals surface area contributed by atoms with Gasteiger partial charge in [-0.15, -0.1) is 23.2 Å². The van der Waals surface area contributed by atoms with Crippen LogP contribution in [0.25, 0.3) is 0 Å². The number of rotatable bonds is 7. The molecule has 0 unspecified atom stereocenters. The molecule has 198 valence electrons. The van der Waals surface area contributed by atoms with Gasteiger partial charge in [0.25, 0.3) is 0 Å². The van der Waals surface area contributed by atoms with Gasteiger partial charge in [-0.25, -0.2) is 0 Å². The van der Waals surface area contributed by atoms with Crippen molar-refractivity contribution in [1.82, 2.24) is 4.90 Å². The van der Waals surface area contributed by atoms with Crippen molar-refractivity contribution >= 4 is 46.8 Å². The van der Waals surface area contributed by atoms with Crippen LogP contribution in [-0.2, 0) is 28.9 Å². The summed E-state index contributed by atoms with van der Waals surface area (Å²) in [6.07, 6.45) is -0.907. The minimum Gasteiger partial charge on any atom is -0.454 e. The maximum Gasteiger partial charge on any atom is 0.308 e. The van der Waals surface area contributed by atoms with E-state index in [1.165, 1.54) is 0 Å². The Bertz CT molecular complexity index is 1400. The Morgan fingerprint density at radius 3 is 1.67 bits per heavy atom. The molecule has 3 aliphatic carbocycles. The number of nitrogens with zero attached hydrogens (tertiary/aromatic N) is 1. The van der Waals surface area contributed by atoms with E-state index in [0.717, 1.165) is 4.90 Å². The fourth-order valence-corrected chi connectivity index (χ4v) is 7.57. The summed E-state index contributed by atoms with van der Waals surface area (Å²) in [7, 11) is 0. The monoisotopic (exact) mass is 561 g/mol. The zero-order valence-electron chi connectivity index (χ0n) is 21.1. The first kappa shape index (κ1) is 25.8. The van der Waals surface area contributed by atoms with Crippen LogP contribution in [0, 0.1) is 11.8 Å². The SMILES string of the molecule is CC[C@H](OC(=O)CCN1C(=O)[C@@H]2[C@H](C1=O)C1(Cl)c3ccccc3C2(Cl)c2ccccc21)C(=O)c1ccccc1. The van der Waals surface area contributed by atoms with Crippen LogP contribution in [-0.4, -0.2) is 41.1 Å². The molecule has 3 aromatic rings. The fraction of sp³-hybridized carbons (Fsp3) is 0.290. The molecule has 39 heavy (non-hydrogen) atoms. The molecule has 0 radical (unpaired) electrons. The topological polar surface area (TPSA) is 80.8 Å². The molecule has 1 aliphatic heterocycles. The van der Waals surface area contributed by atoms with Gasteiger partial charge in [0.2, 0.25) is 17.6 Å². The molecule has 1 heterocycles. The third kappa shape index (κ3) is 3.54. The molecule has 0 spiro atoms. The molecule has 3 aromatic carbocycles. The Balaban J connectivity index is 1.26. The summed E-state index contributed by atoms with van der Waals surface area (Å²) in [6.45, 7) is 1.56. The lowest BCUT2D eigenvalue weighted by Gasteiger charge is -2.54. The van der Waals surface area contributed by atoms with E-state index in [1.807, 2.05) is 48.5 Å². The highest BCUT2D eigenvalue weighted by molar-refractivity contribution is 6.36. The predicted octanol–water partition coefficient (Wildman–Crippen LogP) is 5.17. The largest absolute Gasteiger partial charge is 0.454 e. The van der Waals surface area contributed by atoms with E-state index >= 15 is 0 Å². The number of likely N-dealkylation sites (tertiary alicyclic amines) is 1. The van der Waals surface area contributed by atoms with Crippen LogP contribution in [0.2, 0.25) is 0 Å². The van der Waals surface area contributed by atoms with Crippen molar-refractivity contribution in [2.24, 2.45) is 11.8 Å². The number of ketones is 1. The van der Waals surface area contributed by atoms with Crippen LogP contribution in [0.4, 0.5) is 0 Å². The Morgan fingerprint density at radius 1 is 0.795 bits per heavy atom. The summed E-state index contributed by atoms with van der Waals surface area (Å²) in [5, 5.41) is 0.